The van der Waals surface area contributed by atoms with Gasteiger partial charge in [-0.15, -0.1) is 0 Å². The van der Waals surface area contributed by atoms with Gasteiger partial charge in [-0.3, -0.25) is 4.79 Å². The van der Waals surface area contributed by atoms with Crippen molar-refractivity contribution < 1.29 is 18.7 Å². The molecule has 4 nitrogen and oxygen atoms in total. The van der Waals surface area contributed by atoms with Gasteiger partial charge in [0.25, 0.3) is 0 Å². The Kier molecular flexibility index (Phi) is 4.96. The van der Waals surface area contributed by atoms with Crippen LogP contribution in [0, 0.1) is 11.7 Å². The van der Waals surface area contributed by atoms with Crippen molar-refractivity contribution in [2.75, 3.05) is 20.3 Å². The molecule has 27 heavy (non-hydrogen) atoms. The second kappa shape index (κ2) is 7.39. The monoisotopic (exact) mass is 389 g/mol. The van der Waals surface area contributed by atoms with E-state index in [2.05, 4.69) is 0 Å². The highest BCUT2D eigenvalue weighted by Crippen LogP contribution is 2.44. The summed E-state index contributed by atoms with van der Waals surface area (Å²) in [6, 6.07) is 9.96. The molecule has 2 aromatic carbocycles. The van der Waals surface area contributed by atoms with E-state index in [0.717, 1.165) is 24.0 Å². The molecule has 1 fully saturated rings. The zero-order valence-corrected chi connectivity index (χ0v) is 15.8. The quantitative estimate of drug-likeness (QED) is 0.760. The molecule has 6 heteroatoms. The molecule has 1 aliphatic heterocycles. The lowest BCUT2D eigenvalue weighted by Gasteiger charge is -2.29. The van der Waals surface area contributed by atoms with Crippen LogP contribution in [0.4, 0.5) is 4.39 Å². The lowest BCUT2D eigenvalue weighted by molar-refractivity contribution is -0.131. The number of amides is 1. The molecule has 1 heterocycles. The number of ether oxygens (including phenoxy) is 2. The predicted molar refractivity (Wildman–Crippen MR) is 101 cm³/mol. The summed E-state index contributed by atoms with van der Waals surface area (Å²) in [6.45, 7) is 0.934. The molecule has 1 saturated carbocycles. The molecule has 0 bridgehead atoms. The molecule has 0 radical (unpaired) electrons. The Balaban J connectivity index is 1.53. The third-order valence-corrected chi connectivity index (χ3v) is 5.38. The van der Waals surface area contributed by atoms with Crippen LogP contribution < -0.4 is 9.47 Å². The fourth-order valence-corrected chi connectivity index (χ4v) is 3.89. The van der Waals surface area contributed by atoms with E-state index in [1.54, 1.807) is 23.1 Å². The van der Waals surface area contributed by atoms with E-state index in [-0.39, 0.29) is 24.2 Å². The molecule has 4 rings (SSSR count). The van der Waals surface area contributed by atoms with Crippen molar-refractivity contribution >= 4 is 17.5 Å². The Morgan fingerprint density at radius 3 is 2.63 bits per heavy atom. The molecule has 1 amide bonds. The van der Waals surface area contributed by atoms with Crippen LogP contribution in [0.3, 0.4) is 0 Å². The number of nitrogens with zero attached hydrogens (tertiary/aromatic N) is 1. The zero-order chi connectivity index (χ0) is 19.0. The average Bonchev–Trinajstić information content (AvgIpc) is 3.48. The van der Waals surface area contributed by atoms with Crippen molar-refractivity contribution in [1.29, 1.82) is 0 Å². The van der Waals surface area contributed by atoms with Gasteiger partial charge < -0.3 is 14.4 Å². The minimum atomic E-state index is -0.270. The van der Waals surface area contributed by atoms with Crippen molar-refractivity contribution in [3.8, 4) is 11.5 Å². The van der Waals surface area contributed by atoms with E-state index >= 15 is 0 Å². The molecule has 0 saturated heterocycles. The third-order valence-electron chi connectivity index (χ3n) is 5.10. The van der Waals surface area contributed by atoms with Crippen LogP contribution in [-0.2, 0) is 11.2 Å². The smallest absolute Gasteiger partial charge is 0.227 e. The van der Waals surface area contributed by atoms with E-state index < -0.39 is 0 Å². The first-order valence-corrected chi connectivity index (χ1v) is 9.50. The number of hydrogen-bond acceptors (Lipinski definition) is 3. The number of rotatable bonds is 5. The van der Waals surface area contributed by atoms with Crippen LogP contribution in [-0.4, -0.2) is 31.1 Å². The van der Waals surface area contributed by atoms with Gasteiger partial charge in [0.1, 0.15) is 19.0 Å². The molecule has 0 spiro atoms. The van der Waals surface area contributed by atoms with Gasteiger partial charge in [-0.25, -0.2) is 4.39 Å². The van der Waals surface area contributed by atoms with Crippen molar-refractivity contribution in [2.24, 2.45) is 5.92 Å². The first-order chi connectivity index (χ1) is 13.0. The lowest BCUT2D eigenvalue weighted by Crippen LogP contribution is -2.33. The number of carbonyl (C=O) groups excluding carboxylic acids is 1. The van der Waals surface area contributed by atoms with Crippen LogP contribution in [0.15, 0.2) is 36.4 Å². The van der Waals surface area contributed by atoms with Crippen LogP contribution >= 0.6 is 11.6 Å². The van der Waals surface area contributed by atoms with Crippen LogP contribution in [0.1, 0.15) is 30.0 Å². The fourth-order valence-electron chi connectivity index (χ4n) is 3.60. The largest absolute Gasteiger partial charge is 0.486 e. The van der Waals surface area contributed by atoms with Crippen molar-refractivity contribution in [1.82, 2.24) is 4.90 Å². The molecule has 2 aliphatic rings. The van der Waals surface area contributed by atoms with Gasteiger partial charge in [0.05, 0.1) is 17.5 Å². The Morgan fingerprint density at radius 2 is 1.93 bits per heavy atom. The summed E-state index contributed by atoms with van der Waals surface area (Å²) in [4.78, 5) is 14.7. The number of fused-ring (bicyclic) bond motifs is 1. The van der Waals surface area contributed by atoms with Gasteiger partial charge in [-0.1, -0.05) is 23.7 Å². The summed E-state index contributed by atoms with van der Waals surface area (Å²) in [6.07, 6.45) is 2.38. The third kappa shape index (κ3) is 3.88. The number of hydrogen-bond donors (Lipinski definition) is 0. The fraction of sp³-hybridized carbons (Fsp3) is 0.381. The predicted octanol–water partition coefficient (Wildman–Crippen LogP) is 4.40. The first-order valence-electron chi connectivity index (χ1n) is 9.12. The van der Waals surface area contributed by atoms with E-state index in [4.69, 9.17) is 21.1 Å². The highest BCUT2D eigenvalue weighted by atomic mass is 35.5. The van der Waals surface area contributed by atoms with Crippen molar-refractivity contribution in [3.05, 3.63) is 58.4 Å². The van der Waals surface area contributed by atoms with Crippen molar-refractivity contribution in [2.45, 2.75) is 25.3 Å². The number of benzene rings is 2. The molecule has 0 aromatic heterocycles. The molecule has 1 aliphatic carbocycles. The number of halogens is 2. The maximum Gasteiger partial charge on any atom is 0.227 e. The summed E-state index contributed by atoms with van der Waals surface area (Å²) < 4.78 is 24.4. The zero-order valence-electron chi connectivity index (χ0n) is 15.1. The molecular formula is C21H21ClFNO3. The van der Waals surface area contributed by atoms with Crippen LogP contribution in [0.25, 0.3) is 0 Å². The number of carbonyl (C=O) groups is 1. The summed E-state index contributed by atoms with van der Waals surface area (Å²) in [7, 11) is 1.81. The highest BCUT2D eigenvalue weighted by molar-refractivity contribution is 6.32. The standard InChI is InChI=1S/C21H21ClFNO3/c1-24(20(14-2-3-14)15-4-6-16(23)7-5-15)19(25)12-13-10-17(22)21-18(11-13)26-8-9-27-21/h4-7,10-11,14,20H,2-3,8-9,12H2,1H3/t20-/m1/s1. The summed E-state index contributed by atoms with van der Waals surface area (Å²) in [5.41, 5.74) is 1.75. The highest BCUT2D eigenvalue weighted by Gasteiger charge is 2.36. The topological polar surface area (TPSA) is 38.8 Å². The van der Waals surface area contributed by atoms with Gasteiger partial charge in [-0.2, -0.15) is 0 Å². The van der Waals surface area contributed by atoms with Crippen LogP contribution in [0.2, 0.25) is 5.02 Å². The van der Waals surface area contributed by atoms with Gasteiger partial charge in [0, 0.05) is 7.05 Å². The minimum Gasteiger partial charge on any atom is -0.486 e. The van der Waals surface area contributed by atoms with E-state index in [1.807, 2.05) is 13.1 Å². The molecule has 0 N–H and O–H groups in total. The molecule has 2 aromatic rings. The normalized spacial score (nSPS) is 16.7. The lowest BCUT2D eigenvalue weighted by atomic mass is 10.00. The van der Waals surface area contributed by atoms with E-state index in [0.29, 0.717) is 35.7 Å². The molecular weight excluding hydrogens is 369 g/mol. The Hall–Kier alpha value is -2.27. The summed E-state index contributed by atoms with van der Waals surface area (Å²) in [5, 5.41) is 0.454. The Bertz CT molecular complexity index is 851. The average molecular weight is 390 g/mol. The second-order valence-corrected chi connectivity index (χ2v) is 7.52. The summed E-state index contributed by atoms with van der Waals surface area (Å²) >= 11 is 6.28. The maximum atomic E-state index is 13.3. The van der Waals surface area contributed by atoms with Crippen LogP contribution in [0.5, 0.6) is 11.5 Å². The van der Waals surface area contributed by atoms with E-state index in [1.165, 1.54) is 12.1 Å². The van der Waals surface area contributed by atoms with Gasteiger partial charge >= 0.3 is 0 Å². The molecule has 142 valence electrons. The summed E-state index contributed by atoms with van der Waals surface area (Å²) in [5.74, 6) is 1.26. The van der Waals surface area contributed by atoms with Gasteiger partial charge in [-0.05, 0) is 54.2 Å². The maximum absolute atomic E-state index is 13.3. The van der Waals surface area contributed by atoms with Gasteiger partial charge in [0.15, 0.2) is 11.5 Å². The van der Waals surface area contributed by atoms with E-state index in [9.17, 15) is 9.18 Å². The van der Waals surface area contributed by atoms with Crippen molar-refractivity contribution in [3.63, 3.8) is 0 Å². The molecule has 1 atom stereocenters. The molecule has 0 unspecified atom stereocenters. The second-order valence-electron chi connectivity index (χ2n) is 7.12. The Labute approximate surface area is 162 Å². The Morgan fingerprint density at radius 1 is 1.22 bits per heavy atom. The first kappa shape index (κ1) is 18.1. The number of likely N-dealkylation sites (N-methyl/N-ethyl adjacent to an activating group) is 1. The SMILES string of the molecule is CN(C(=O)Cc1cc(Cl)c2c(c1)OCCO2)[C@@H](c1ccc(F)cc1)C1CC1. The van der Waals surface area contributed by atoms with Gasteiger partial charge in [0.2, 0.25) is 5.91 Å². The minimum absolute atomic E-state index is 0.0102.